The van der Waals surface area contributed by atoms with Crippen LogP contribution in [0.15, 0.2) is 263 Å². The highest BCUT2D eigenvalue weighted by Crippen LogP contribution is 2.55. The van der Waals surface area contributed by atoms with Crippen LogP contribution in [-0.2, 0) is 10.8 Å². The third-order valence-electron chi connectivity index (χ3n) is 18.1. The summed E-state index contributed by atoms with van der Waals surface area (Å²) in [5.41, 5.74) is 24.5. The third-order valence-corrected chi connectivity index (χ3v) is 18.1. The number of furan rings is 2. The van der Waals surface area contributed by atoms with Crippen LogP contribution >= 0.6 is 0 Å². The fourth-order valence-corrected chi connectivity index (χ4v) is 14.1. The first-order valence-corrected chi connectivity index (χ1v) is 28.1. The Morgan fingerprint density at radius 1 is 0.362 bits per heavy atom. The lowest BCUT2D eigenvalue weighted by atomic mass is 9.77. The van der Waals surface area contributed by atoms with Gasteiger partial charge >= 0.3 is 0 Å². The molecule has 0 aliphatic heterocycles. The molecule has 4 heteroatoms. The normalized spacial score (nSPS) is 15.7. The minimum atomic E-state index is -0.0570. The summed E-state index contributed by atoms with van der Waals surface area (Å²) in [5.74, 6) is 0.452. The Balaban J connectivity index is 0.730. The van der Waals surface area contributed by atoms with Crippen LogP contribution < -0.4 is 9.80 Å². The zero-order chi connectivity index (χ0) is 53.4. The smallest absolute Gasteiger partial charge is 0.137 e. The van der Waals surface area contributed by atoms with E-state index >= 15 is 0 Å². The van der Waals surface area contributed by atoms with Crippen molar-refractivity contribution in [3.63, 3.8) is 0 Å². The zero-order valence-corrected chi connectivity index (χ0v) is 45.2. The molecule has 0 radical (unpaired) electrons. The maximum atomic E-state index is 6.80. The fourth-order valence-electron chi connectivity index (χ4n) is 14.1. The number of hydrogen-bond acceptors (Lipinski definition) is 4. The molecule has 0 amide bonds. The van der Waals surface area contributed by atoms with Gasteiger partial charge in [-0.3, -0.25) is 0 Å². The van der Waals surface area contributed by atoms with E-state index in [4.69, 9.17) is 8.83 Å². The van der Waals surface area contributed by atoms with Gasteiger partial charge in [-0.15, -0.1) is 0 Å². The molecule has 13 aromatic rings. The van der Waals surface area contributed by atoms with E-state index in [0.717, 1.165) is 95.2 Å². The Labute approximate surface area is 465 Å². The van der Waals surface area contributed by atoms with Gasteiger partial charge in [0, 0.05) is 84.5 Å². The van der Waals surface area contributed by atoms with Gasteiger partial charge in [-0.1, -0.05) is 167 Å². The Bertz CT molecular complexity index is 4730. The molecule has 2 heterocycles. The highest BCUT2D eigenvalue weighted by molar-refractivity contribution is 6.27. The van der Waals surface area contributed by atoms with Crippen molar-refractivity contribution in [1.82, 2.24) is 0 Å². The number of nitrogens with zero attached hydrogens (tertiary/aromatic N) is 2. The molecular formula is C76H56N2O2. The maximum Gasteiger partial charge on any atom is 0.137 e. The topological polar surface area (TPSA) is 32.8 Å². The van der Waals surface area contributed by atoms with Crippen LogP contribution in [0.3, 0.4) is 0 Å². The van der Waals surface area contributed by atoms with Crippen molar-refractivity contribution >= 4 is 94.3 Å². The molecule has 0 bridgehead atoms. The summed E-state index contributed by atoms with van der Waals surface area (Å²) in [5, 5.41) is 6.62. The molecule has 16 rings (SSSR count). The van der Waals surface area contributed by atoms with E-state index in [2.05, 4.69) is 286 Å². The Hall–Kier alpha value is -9.64. The molecule has 2 aromatic heterocycles. The molecule has 0 saturated carbocycles. The standard InChI is InChI=1S/C76H56N2O2/c1-75(2)65-21-13-11-19-57(65)59-35-27-49(43-67(59)75)47-23-29-53(30-24-47)77(51-15-7-5-8-16-51)55-33-37-63-71(45-55)79-69-41-39-62-61(73(63)69)40-42-70-74(62)64-38-34-56(46-72(64)80-70)78(52-17-9-6-10-18-52)54-31-25-48(26-32-54)50-28-36-60-58-20-12-14-22-66(58)76(3,4)68(60)44-50/h5-35,37-46,60H,36H2,1-4H3. The SMILES string of the molecule is CC1(C)C2=CC(c3ccc(N(c4ccccc4)c4ccc5c(c4)oc4ccc6c(ccc7oc8cc(N(c9ccccc9)c9ccc(-c%10ccc%11c(c%10)C(C)(C)c%10ccccc%10-%11)cc9)ccc8c76)c45)cc3)=CCC2c2ccccc21. The van der Waals surface area contributed by atoms with Crippen molar-refractivity contribution < 1.29 is 8.83 Å². The van der Waals surface area contributed by atoms with Crippen LogP contribution in [-0.4, -0.2) is 0 Å². The van der Waals surface area contributed by atoms with E-state index in [1.807, 2.05) is 0 Å². The summed E-state index contributed by atoms with van der Waals surface area (Å²) in [4.78, 5) is 4.64. The van der Waals surface area contributed by atoms with Gasteiger partial charge in [-0.05, 0) is 176 Å². The number of hydrogen-bond donors (Lipinski definition) is 0. The molecule has 382 valence electrons. The monoisotopic (exact) mass is 1030 g/mol. The third kappa shape index (κ3) is 7.01. The van der Waals surface area contributed by atoms with Crippen LogP contribution in [0.4, 0.5) is 34.1 Å². The van der Waals surface area contributed by atoms with Gasteiger partial charge in [0.05, 0.1) is 0 Å². The lowest BCUT2D eigenvalue weighted by Crippen LogP contribution is -2.17. The average Bonchev–Trinajstić information content (AvgIpc) is 4.42. The van der Waals surface area contributed by atoms with Gasteiger partial charge in [-0.2, -0.15) is 0 Å². The Kier molecular flexibility index (Phi) is 10.1. The molecule has 80 heavy (non-hydrogen) atoms. The molecule has 1 unspecified atom stereocenters. The summed E-state index contributed by atoms with van der Waals surface area (Å²) >= 11 is 0. The molecule has 0 fully saturated rings. The molecule has 3 aliphatic carbocycles. The van der Waals surface area contributed by atoms with E-state index in [1.165, 1.54) is 61.2 Å². The number of rotatable bonds is 8. The van der Waals surface area contributed by atoms with Crippen LogP contribution in [0.1, 0.15) is 67.9 Å². The maximum absolute atomic E-state index is 6.80. The summed E-state index contributed by atoms with van der Waals surface area (Å²) in [6, 6.07) is 86.1. The molecular weight excluding hydrogens is 973 g/mol. The molecule has 0 spiro atoms. The number of allylic oxidation sites excluding steroid dienone is 4. The van der Waals surface area contributed by atoms with E-state index in [0.29, 0.717) is 5.92 Å². The van der Waals surface area contributed by atoms with Gasteiger partial charge in [-0.25, -0.2) is 0 Å². The van der Waals surface area contributed by atoms with Gasteiger partial charge in [0.2, 0.25) is 0 Å². The molecule has 1 atom stereocenters. The van der Waals surface area contributed by atoms with Gasteiger partial charge in [0.25, 0.3) is 0 Å². The second-order valence-electron chi connectivity index (χ2n) is 23.2. The molecule has 4 nitrogen and oxygen atoms in total. The van der Waals surface area contributed by atoms with Crippen LogP contribution in [0.2, 0.25) is 0 Å². The summed E-state index contributed by atoms with van der Waals surface area (Å²) in [6.45, 7) is 9.45. The molecule has 0 N–H and O–H groups in total. The van der Waals surface area contributed by atoms with Crippen molar-refractivity contribution in [1.29, 1.82) is 0 Å². The van der Waals surface area contributed by atoms with Crippen molar-refractivity contribution in [2.75, 3.05) is 9.80 Å². The summed E-state index contributed by atoms with van der Waals surface area (Å²) in [7, 11) is 0. The summed E-state index contributed by atoms with van der Waals surface area (Å²) in [6.07, 6.45) is 5.92. The first-order chi connectivity index (χ1) is 39.2. The van der Waals surface area contributed by atoms with Gasteiger partial charge < -0.3 is 18.6 Å². The lowest BCUT2D eigenvalue weighted by Gasteiger charge is -2.28. The molecule has 0 saturated heterocycles. The van der Waals surface area contributed by atoms with E-state index in [1.54, 1.807) is 0 Å². The average molecular weight is 1030 g/mol. The minimum absolute atomic E-state index is 0.0103. The zero-order valence-electron chi connectivity index (χ0n) is 45.2. The minimum Gasteiger partial charge on any atom is -0.456 e. The van der Waals surface area contributed by atoms with Crippen molar-refractivity contribution in [2.24, 2.45) is 0 Å². The number of fused-ring (bicyclic) bond motifs is 15. The van der Waals surface area contributed by atoms with Crippen molar-refractivity contribution in [3.05, 3.63) is 282 Å². The highest BCUT2D eigenvalue weighted by Gasteiger charge is 2.42. The number of anilines is 6. The Morgan fingerprint density at radius 3 is 1.44 bits per heavy atom. The second kappa shape index (κ2) is 17.4. The first-order valence-electron chi connectivity index (χ1n) is 28.1. The quantitative estimate of drug-likeness (QED) is 0.152. The van der Waals surface area contributed by atoms with Gasteiger partial charge in [0.15, 0.2) is 0 Å². The highest BCUT2D eigenvalue weighted by atomic mass is 16.3. The van der Waals surface area contributed by atoms with Crippen LogP contribution in [0, 0.1) is 0 Å². The first kappa shape index (κ1) is 46.5. The van der Waals surface area contributed by atoms with Crippen molar-refractivity contribution in [2.45, 2.75) is 50.9 Å². The second-order valence-corrected chi connectivity index (χ2v) is 23.2. The van der Waals surface area contributed by atoms with Crippen LogP contribution in [0.25, 0.3) is 82.5 Å². The van der Waals surface area contributed by atoms with Crippen LogP contribution in [0.5, 0.6) is 0 Å². The van der Waals surface area contributed by atoms with Crippen molar-refractivity contribution in [3.8, 4) is 22.3 Å². The van der Waals surface area contributed by atoms with Gasteiger partial charge in [0.1, 0.15) is 22.3 Å². The lowest BCUT2D eigenvalue weighted by molar-refractivity contribution is 0.613. The number of benzene rings is 11. The summed E-state index contributed by atoms with van der Waals surface area (Å²) < 4.78 is 13.6. The molecule has 11 aromatic carbocycles. The molecule has 3 aliphatic rings. The Morgan fingerprint density at radius 2 is 0.838 bits per heavy atom. The largest absolute Gasteiger partial charge is 0.456 e. The predicted molar refractivity (Wildman–Crippen MR) is 334 cm³/mol. The number of para-hydroxylation sites is 2. The fraction of sp³-hybridized carbons (Fsp3) is 0.105. The van der Waals surface area contributed by atoms with E-state index in [-0.39, 0.29) is 10.8 Å². The van der Waals surface area contributed by atoms with E-state index < -0.39 is 0 Å². The van der Waals surface area contributed by atoms with E-state index in [9.17, 15) is 0 Å². The predicted octanol–water partition coefficient (Wildman–Crippen LogP) is 21.3.